The van der Waals surface area contributed by atoms with Crippen molar-refractivity contribution in [1.82, 2.24) is 9.97 Å². The van der Waals surface area contributed by atoms with Gasteiger partial charge in [-0.1, -0.05) is 19.3 Å². The molecule has 0 radical (unpaired) electrons. The van der Waals surface area contributed by atoms with E-state index in [1.54, 1.807) is 7.11 Å². The van der Waals surface area contributed by atoms with Gasteiger partial charge >= 0.3 is 0 Å². The summed E-state index contributed by atoms with van der Waals surface area (Å²) >= 11 is 1.95. The predicted octanol–water partition coefficient (Wildman–Crippen LogP) is 2.25. The standard InChI is InChI=1S/C13H23N5OS/c1-19-10-11(16-9-17-12(10)18-14)15-8-13(20-2)6-4-3-5-7-13/h9H,3-8,14H2,1-2H3,(H2,15,16,17,18). The summed E-state index contributed by atoms with van der Waals surface area (Å²) < 4.78 is 5.63. The number of hydrogen-bond donors (Lipinski definition) is 3. The lowest BCUT2D eigenvalue weighted by atomic mass is 9.88. The number of hydrazine groups is 1. The maximum Gasteiger partial charge on any atom is 0.205 e. The van der Waals surface area contributed by atoms with E-state index in [2.05, 4.69) is 27.0 Å². The molecule has 1 saturated carbocycles. The van der Waals surface area contributed by atoms with Crippen LogP contribution in [0.15, 0.2) is 6.33 Å². The van der Waals surface area contributed by atoms with Crippen LogP contribution in [-0.4, -0.2) is 34.6 Å². The number of nitrogens with two attached hydrogens (primary N) is 1. The fraction of sp³-hybridized carbons (Fsp3) is 0.692. The van der Waals surface area contributed by atoms with Crippen LogP contribution in [0.3, 0.4) is 0 Å². The average Bonchev–Trinajstić information content (AvgIpc) is 2.53. The highest BCUT2D eigenvalue weighted by atomic mass is 32.2. The van der Waals surface area contributed by atoms with Crippen LogP contribution in [0.4, 0.5) is 11.6 Å². The fourth-order valence-corrected chi connectivity index (χ4v) is 3.60. The minimum atomic E-state index is 0.296. The lowest BCUT2D eigenvalue weighted by Crippen LogP contribution is -2.35. The zero-order chi connectivity index (χ0) is 14.4. The lowest BCUT2D eigenvalue weighted by Gasteiger charge is -2.36. The zero-order valence-electron chi connectivity index (χ0n) is 12.1. The molecule has 1 aromatic heterocycles. The quantitative estimate of drug-likeness (QED) is 0.548. The average molecular weight is 297 g/mol. The highest BCUT2D eigenvalue weighted by molar-refractivity contribution is 8.00. The van der Waals surface area contributed by atoms with E-state index >= 15 is 0 Å². The molecule has 0 unspecified atom stereocenters. The molecule has 0 atom stereocenters. The highest BCUT2D eigenvalue weighted by Crippen LogP contribution is 2.39. The van der Waals surface area contributed by atoms with E-state index in [-0.39, 0.29) is 0 Å². The van der Waals surface area contributed by atoms with Crippen molar-refractivity contribution in [2.24, 2.45) is 5.84 Å². The van der Waals surface area contributed by atoms with Crippen LogP contribution in [-0.2, 0) is 0 Å². The Morgan fingerprint density at radius 3 is 2.60 bits per heavy atom. The Kier molecular flexibility index (Phi) is 5.31. The van der Waals surface area contributed by atoms with Gasteiger partial charge < -0.3 is 15.5 Å². The molecule has 112 valence electrons. The Labute approximate surface area is 124 Å². The first-order valence-corrected chi connectivity index (χ1v) is 8.12. The number of rotatable bonds is 6. The normalized spacial score (nSPS) is 17.6. The van der Waals surface area contributed by atoms with Crippen LogP contribution in [0, 0.1) is 0 Å². The van der Waals surface area contributed by atoms with E-state index in [0.29, 0.717) is 22.1 Å². The number of nitrogens with one attached hydrogen (secondary N) is 2. The van der Waals surface area contributed by atoms with Crippen molar-refractivity contribution >= 4 is 23.4 Å². The van der Waals surface area contributed by atoms with Gasteiger partial charge in [-0.25, -0.2) is 15.8 Å². The first kappa shape index (κ1) is 15.2. The number of nitrogens with zero attached hydrogens (tertiary/aromatic N) is 2. The van der Waals surface area contributed by atoms with E-state index in [1.165, 1.54) is 38.4 Å². The molecule has 1 aliphatic rings. The topological polar surface area (TPSA) is 85.1 Å². The first-order chi connectivity index (χ1) is 9.74. The number of methoxy groups -OCH3 is 1. The molecule has 0 spiro atoms. The van der Waals surface area contributed by atoms with Crippen LogP contribution in [0.1, 0.15) is 32.1 Å². The van der Waals surface area contributed by atoms with Gasteiger partial charge in [0.25, 0.3) is 0 Å². The Hall–Kier alpha value is -1.21. The van der Waals surface area contributed by atoms with Crippen LogP contribution >= 0.6 is 11.8 Å². The van der Waals surface area contributed by atoms with Crippen molar-refractivity contribution in [3.05, 3.63) is 6.33 Å². The van der Waals surface area contributed by atoms with Crippen LogP contribution in [0.25, 0.3) is 0 Å². The van der Waals surface area contributed by atoms with Gasteiger partial charge in [-0.15, -0.1) is 0 Å². The van der Waals surface area contributed by atoms with Crippen LogP contribution < -0.4 is 21.3 Å². The van der Waals surface area contributed by atoms with Gasteiger partial charge in [0.1, 0.15) is 6.33 Å². The second kappa shape index (κ2) is 6.99. The van der Waals surface area contributed by atoms with E-state index in [4.69, 9.17) is 10.6 Å². The summed E-state index contributed by atoms with van der Waals surface area (Å²) in [6.07, 6.45) is 10.1. The molecule has 0 aliphatic heterocycles. The zero-order valence-corrected chi connectivity index (χ0v) is 12.9. The third-order valence-electron chi connectivity index (χ3n) is 3.92. The molecule has 4 N–H and O–H groups in total. The maximum absolute atomic E-state index is 5.43. The molecule has 1 aromatic rings. The van der Waals surface area contributed by atoms with E-state index in [0.717, 1.165) is 6.54 Å². The van der Waals surface area contributed by atoms with Crippen LogP contribution in [0.2, 0.25) is 0 Å². The van der Waals surface area contributed by atoms with Gasteiger partial charge in [0.05, 0.1) is 7.11 Å². The van der Waals surface area contributed by atoms with Crippen molar-refractivity contribution in [3.63, 3.8) is 0 Å². The summed E-state index contributed by atoms with van der Waals surface area (Å²) in [5, 5.41) is 3.41. The Balaban J connectivity index is 2.09. The van der Waals surface area contributed by atoms with Gasteiger partial charge in [-0.3, -0.25) is 0 Å². The van der Waals surface area contributed by atoms with Gasteiger partial charge in [-0.2, -0.15) is 11.8 Å². The van der Waals surface area contributed by atoms with Crippen molar-refractivity contribution in [2.75, 3.05) is 30.7 Å². The summed E-state index contributed by atoms with van der Waals surface area (Å²) in [7, 11) is 1.59. The number of anilines is 2. The van der Waals surface area contributed by atoms with E-state index < -0.39 is 0 Å². The third kappa shape index (κ3) is 3.27. The molecule has 0 amide bonds. The molecule has 0 aromatic carbocycles. The number of aromatic nitrogens is 2. The molecule has 0 saturated heterocycles. The van der Waals surface area contributed by atoms with E-state index in [9.17, 15) is 0 Å². The van der Waals surface area contributed by atoms with Gasteiger partial charge in [0.15, 0.2) is 11.6 Å². The number of nitrogen functional groups attached to an aromatic ring is 1. The molecular formula is C13H23N5OS. The maximum atomic E-state index is 5.43. The summed E-state index contributed by atoms with van der Waals surface area (Å²) in [6, 6.07) is 0. The predicted molar refractivity (Wildman–Crippen MR) is 84.2 cm³/mol. The van der Waals surface area contributed by atoms with Crippen molar-refractivity contribution in [3.8, 4) is 5.75 Å². The van der Waals surface area contributed by atoms with Crippen LogP contribution in [0.5, 0.6) is 5.75 Å². The Morgan fingerprint density at radius 1 is 1.30 bits per heavy atom. The summed E-state index contributed by atoms with van der Waals surface area (Å²) in [5.74, 6) is 7.17. The second-order valence-corrected chi connectivity index (χ2v) is 6.32. The molecule has 2 rings (SSSR count). The molecule has 6 nitrogen and oxygen atoms in total. The smallest absolute Gasteiger partial charge is 0.205 e. The molecule has 1 fully saturated rings. The Bertz CT molecular complexity index is 437. The molecule has 1 heterocycles. The summed E-state index contributed by atoms with van der Waals surface area (Å²) in [6.45, 7) is 0.881. The Morgan fingerprint density at radius 2 is 2.00 bits per heavy atom. The van der Waals surface area contributed by atoms with Crippen molar-refractivity contribution in [1.29, 1.82) is 0 Å². The lowest BCUT2D eigenvalue weighted by molar-refractivity contribution is 0.404. The van der Waals surface area contributed by atoms with E-state index in [1.807, 2.05) is 11.8 Å². The molecule has 20 heavy (non-hydrogen) atoms. The second-order valence-electron chi connectivity index (χ2n) is 5.05. The summed E-state index contributed by atoms with van der Waals surface area (Å²) in [5.41, 5.74) is 2.53. The number of ether oxygens (including phenoxy) is 1. The monoisotopic (exact) mass is 297 g/mol. The fourth-order valence-electron chi connectivity index (χ4n) is 2.69. The highest BCUT2D eigenvalue weighted by Gasteiger charge is 2.31. The largest absolute Gasteiger partial charge is 0.490 e. The molecular weight excluding hydrogens is 274 g/mol. The van der Waals surface area contributed by atoms with Gasteiger partial charge in [-0.05, 0) is 19.1 Å². The molecule has 1 aliphatic carbocycles. The minimum absolute atomic E-state index is 0.296. The summed E-state index contributed by atoms with van der Waals surface area (Å²) in [4.78, 5) is 8.30. The number of hydrogen-bond acceptors (Lipinski definition) is 7. The van der Waals surface area contributed by atoms with Crippen molar-refractivity contribution < 1.29 is 4.74 Å². The molecule has 0 bridgehead atoms. The molecule has 7 heteroatoms. The first-order valence-electron chi connectivity index (χ1n) is 6.89. The van der Waals surface area contributed by atoms with Crippen molar-refractivity contribution in [2.45, 2.75) is 36.9 Å². The minimum Gasteiger partial charge on any atom is -0.490 e. The van der Waals surface area contributed by atoms with Gasteiger partial charge in [0, 0.05) is 11.3 Å². The SMILES string of the molecule is COc1c(NN)ncnc1NCC1(SC)CCCCC1. The number of thioether (sulfide) groups is 1. The van der Waals surface area contributed by atoms with Gasteiger partial charge in [0.2, 0.25) is 5.75 Å². The third-order valence-corrected chi connectivity index (χ3v) is 5.34.